The summed E-state index contributed by atoms with van der Waals surface area (Å²) in [5.41, 5.74) is 4.15. The van der Waals surface area contributed by atoms with E-state index >= 15 is 0 Å². The van der Waals surface area contributed by atoms with Gasteiger partial charge in [-0.3, -0.25) is 4.72 Å². The van der Waals surface area contributed by atoms with Crippen molar-refractivity contribution in [3.05, 3.63) is 78.1 Å². The second-order valence-electron chi connectivity index (χ2n) is 9.02. The number of anilines is 1. The second kappa shape index (κ2) is 9.70. The Kier molecular flexibility index (Phi) is 6.57. The first kappa shape index (κ1) is 25.1. The van der Waals surface area contributed by atoms with Crippen molar-refractivity contribution in [3.8, 4) is 16.9 Å². The van der Waals surface area contributed by atoms with Gasteiger partial charge in [-0.15, -0.1) is 0 Å². The Labute approximate surface area is 210 Å². The zero-order valence-corrected chi connectivity index (χ0v) is 20.2. The van der Waals surface area contributed by atoms with E-state index in [1.165, 1.54) is 0 Å². The van der Waals surface area contributed by atoms with Crippen molar-refractivity contribution in [2.45, 2.75) is 24.2 Å². The second-order valence-corrected chi connectivity index (χ2v) is 10.7. The van der Waals surface area contributed by atoms with Crippen LogP contribution in [0.3, 0.4) is 0 Å². The van der Waals surface area contributed by atoms with Crippen LogP contribution in [0.1, 0.15) is 29.6 Å². The Morgan fingerprint density at radius 3 is 2.51 bits per heavy atom. The zero-order chi connectivity index (χ0) is 26.2. The third-order valence-corrected chi connectivity index (χ3v) is 7.06. The first-order valence-corrected chi connectivity index (χ1v) is 13.2. The highest BCUT2D eigenvalue weighted by Crippen LogP contribution is 2.54. The van der Waals surface area contributed by atoms with Gasteiger partial charge in [0.15, 0.2) is 13.3 Å². The summed E-state index contributed by atoms with van der Waals surface area (Å²) in [6, 6.07) is 17.6. The number of nitrogens with one attached hydrogen (secondary N) is 2. The van der Waals surface area contributed by atoms with E-state index < -0.39 is 35.2 Å². The summed E-state index contributed by atoms with van der Waals surface area (Å²) in [4.78, 5) is 8.08. The monoisotopic (exact) mass is 533 g/mol. The van der Waals surface area contributed by atoms with Gasteiger partial charge in [0.25, 0.3) is 10.0 Å². The van der Waals surface area contributed by atoms with Crippen LogP contribution in [0.5, 0.6) is 5.75 Å². The van der Waals surface area contributed by atoms with Crippen LogP contribution < -0.4 is 9.46 Å². The lowest BCUT2D eigenvalue weighted by Crippen LogP contribution is -2.27. The number of alkyl halides is 4. The molecule has 0 saturated heterocycles. The number of imidazole rings is 1. The molecule has 37 heavy (non-hydrogen) atoms. The molecule has 3 aromatic carbocycles. The van der Waals surface area contributed by atoms with E-state index in [-0.39, 0.29) is 23.3 Å². The Morgan fingerprint density at radius 1 is 1.03 bits per heavy atom. The minimum absolute atomic E-state index is 0.155. The predicted octanol–water partition coefficient (Wildman–Crippen LogP) is 6.15. The van der Waals surface area contributed by atoms with Gasteiger partial charge in [-0.1, -0.05) is 36.4 Å². The van der Waals surface area contributed by atoms with E-state index in [1.54, 1.807) is 36.4 Å². The Balaban J connectivity index is 1.31. The lowest BCUT2D eigenvalue weighted by atomic mass is 10.0. The van der Waals surface area contributed by atoms with Gasteiger partial charge in [0, 0.05) is 11.5 Å². The van der Waals surface area contributed by atoms with Crippen LogP contribution in [0.4, 0.5) is 23.2 Å². The fraction of sp³-hybridized carbons (Fsp3) is 0.269. The number of H-pyrrole nitrogens is 1. The molecule has 1 aliphatic rings. The quantitative estimate of drug-likeness (QED) is 0.240. The molecule has 2 unspecified atom stereocenters. The highest BCUT2D eigenvalue weighted by atomic mass is 32.2. The average Bonchev–Trinajstić information content (AvgIpc) is 3.59. The van der Waals surface area contributed by atoms with Gasteiger partial charge in [-0.05, 0) is 53.8 Å². The number of aromatic nitrogens is 2. The number of sulfonamides is 1. The smallest absolute Gasteiger partial charge is 0.309 e. The van der Waals surface area contributed by atoms with Crippen LogP contribution in [0.25, 0.3) is 22.2 Å². The Bertz CT molecular complexity index is 1520. The summed E-state index contributed by atoms with van der Waals surface area (Å²) in [5, 5.41) is 0. The number of benzene rings is 3. The molecule has 11 heteroatoms. The first-order chi connectivity index (χ1) is 17.7. The van der Waals surface area contributed by atoms with Gasteiger partial charge in [0.2, 0.25) is 6.01 Å². The lowest BCUT2D eigenvalue weighted by molar-refractivity contribution is -0.0584. The van der Waals surface area contributed by atoms with Crippen molar-refractivity contribution in [3.63, 3.8) is 0 Å². The largest absolute Gasteiger partial charge is 0.487 e. The predicted molar refractivity (Wildman–Crippen MR) is 133 cm³/mol. The fourth-order valence-electron chi connectivity index (χ4n) is 4.29. The molecule has 1 heterocycles. The number of nitrogens with zero attached hydrogens (tertiary/aromatic N) is 1. The number of aromatic amines is 1. The summed E-state index contributed by atoms with van der Waals surface area (Å²) in [5.74, 6) is -2.09. The number of rotatable bonds is 10. The maximum Gasteiger partial charge on any atom is 0.309 e. The van der Waals surface area contributed by atoms with Gasteiger partial charge in [-0.25, -0.2) is 22.2 Å². The van der Waals surface area contributed by atoms with Crippen LogP contribution >= 0.6 is 0 Å². The average molecular weight is 534 g/mol. The molecule has 1 aliphatic carbocycles. The summed E-state index contributed by atoms with van der Waals surface area (Å²) in [6.45, 7) is -2.78. The summed E-state index contributed by atoms with van der Waals surface area (Å²) < 4.78 is 82.0. The molecule has 4 aromatic rings. The van der Waals surface area contributed by atoms with Crippen molar-refractivity contribution >= 4 is 26.7 Å². The van der Waals surface area contributed by atoms with E-state index in [0.717, 1.165) is 28.9 Å². The zero-order valence-electron chi connectivity index (χ0n) is 19.4. The molecule has 1 aromatic heterocycles. The lowest BCUT2D eigenvalue weighted by Gasteiger charge is -2.13. The van der Waals surface area contributed by atoms with Crippen LogP contribution in [0.2, 0.25) is 0 Å². The number of para-hydroxylation sites is 1. The molecule has 0 amide bonds. The molecule has 0 aliphatic heterocycles. The van der Waals surface area contributed by atoms with Crippen molar-refractivity contribution in [1.29, 1.82) is 0 Å². The van der Waals surface area contributed by atoms with Crippen molar-refractivity contribution in [2.24, 2.45) is 0 Å². The van der Waals surface area contributed by atoms with E-state index in [4.69, 9.17) is 9.72 Å². The van der Waals surface area contributed by atoms with Crippen molar-refractivity contribution in [2.75, 3.05) is 24.0 Å². The third kappa shape index (κ3) is 5.56. The van der Waals surface area contributed by atoms with Gasteiger partial charge in [0.05, 0.1) is 16.7 Å². The first-order valence-electron chi connectivity index (χ1n) is 11.5. The fourth-order valence-corrected chi connectivity index (χ4v) is 4.86. The van der Waals surface area contributed by atoms with Crippen LogP contribution in [-0.4, -0.2) is 43.6 Å². The molecule has 6 nitrogen and oxygen atoms in total. The normalized spacial score (nSPS) is 17.6. The van der Waals surface area contributed by atoms with Crippen molar-refractivity contribution < 1.29 is 30.7 Å². The van der Waals surface area contributed by atoms with Gasteiger partial charge in [-0.2, -0.15) is 8.78 Å². The van der Waals surface area contributed by atoms with E-state index in [9.17, 15) is 26.0 Å². The number of halogens is 4. The van der Waals surface area contributed by atoms with Gasteiger partial charge in [0.1, 0.15) is 11.6 Å². The van der Waals surface area contributed by atoms with E-state index in [1.807, 2.05) is 30.3 Å². The number of hydrogen-bond acceptors (Lipinski definition) is 4. The summed E-state index contributed by atoms with van der Waals surface area (Å²) in [7, 11) is -4.09. The molecule has 0 radical (unpaired) electrons. The Hall–Kier alpha value is -3.60. The standard InChI is InChI=1S/C26H23F4N3O3S/c27-13-26(29,30)14-36-18-8-5-16(6-9-18)20-12-21(20)25-31-23-10-7-17(11-24(23)32-25)19-3-1-2-4-22(19)33-37(34,35)15-28/h1-11,20-21,33H,12-15H2,(H,31,32). The Morgan fingerprint density at radius 2 is 1.78 bits per heavy atom. The molecule has 1 fully saturated rings. The number of hydrogen-bond donors (Lipinski definition) is 2. The van der Waals surface area contributed by atoms with Crippen molar-refractivity contribution in [1.82, 2.24) is 9.97 Å². The number of fused-ring (bicyclic) bond motifs is 1. The molecule has 1 saturated carbocycles. The molecule has 2 N–H and O–H groups in total. The topological polar surface area (TPSA) is 84.1 Å². The molecular weight excluding hydrogens is 510 g/mol. The summed E-state index contributed by atoms with van der Waals surface area (Å²) in [6.07, 6.45) is 0.862. The highest BCUT2D eigenvalue weighted by molar-refractivity contribution is 7.92. The maximum absolute atomic E-state index is 13.1. The molecule has 2 atom stereocenters. The van der Waals surface area contributed by atoms with E-state index in [0.29, 0.717) is 11.1 Å². The summed E-state index contributed by atoms with van der Waals surface area (Å²) >= 11 is 0. The highest BCUT2D eigenvalue weighted by Gasteiger charge is 2.41. The minimum atomic E-state index is -4.09. The maximum atomic E-state index is 13.1. The van der Waals surface area contributed by atoms with Crippen LogP contribution in [0.15, 0.2) is 66.7 Å². The minimum Gasteiger partial charge on any atom is -0.487 e. The SMILES string of the molecule is O=S(=O)(CF)Nc1ccccc1-c1ccc2[nH]c(C3CC3c3ccc(OCC(F)(F)CF)cc3)nc2c1. The van der Waals surface area contributed by atoms with Gasteiger partial charge < -0.3 is 9.72 Å². The molecule has 0 spiro atoms. The molecule has 0 bridgehead atoms. The number of ether oxygens (including phenoxy) is 1. The molecule has 5 rings (SSSR count). The van der Waals surface area contributed by atoms with Crippen LogP contribution in [-0.2, 0) is 10.0 Å². The third-order valence-electron chi connectivity index (χ3n) is 6.24. The van der Waals surface area contributed by atoms with Crippen LogP contribution in [0, 0.1) is 0 Å². The van der Waals surface area contributed by atoms with E-state index in [2.05, 4.69) is 9.71 Å². The van der Waals surface area contributed by atoms with Gasteiger partial charge >= 0.3 is 5.92 Å². The molecule has 194 valence electrons. The molecular formula is C26H23F4N3O3S.